The Morgan fingerprint density at radius 3 is 2.83 bits per heavy atom. The Kier molecular flexibility index (Phi) is 2.77. The standard InChI is InChI=1S/C17H12N4S2/c22-17-20-13-11-6-7-12(10-4-2-1-3-5-10)19-16(11)23-14(13)15-18-8-9-21(15)17/h1-7,18H,8-9H2. The van der Waals surface area contributed by atoms with Crippen LogP contribution < -0.4 is 5.32 Å². The highest BCUT2D eigenvalue weighted by atomic mass is 32.1. The number of rotatable bonds is 1. The molecule has 23 heavy (non-hydrogen) atoms. The van der Waals surface area contributed by atoms with Gasteiger partial charge in [0.2, 0.25) is 4.77 Å². The van der Waals surface area contributed by atoms with E-state index in [1.807, 2.05) is 18.2 Å². The number of pyridine rings is 1. The van der Waals surface area contributed by atoms with Crippen molar-refractivity contribution in [3.63, 3.8) is 0 Å². The molecule has 4 heterocycles. The minimum Gasteiger partial charge on any atom is -0.368 e. The lowest BCUT2D eigenvalue weighted by atomic mass is 10.1. The maximum absolute atomic E-state index is 5.43. The highest BCUT2D eigenvalue weighted by Gasteiger charge is 2.19. The summed E-state index contributed by atoms with van der Waals surface area (Å²) < 4.78 is 3.86. The number of thiophene rings is 1. The molecule has 0 atom stereocenters. The van der Waals surface area contributed by atoms with Crippen LogP contribution in [0.3, 0.4) is 0 Å². The largest absolute Gasteiger partial charge is 0.368 e. The summed E-state index contributed by atoms with van der Waals surface area (Å²) in [6.07, 6.45) is 0. The number of fused-ring (bicyclic) bond motifs is 5. The van der Waals surface area contributed by atoms with Crippen LogP contribution in [0.15, 0.2) is 42.5 Å². The lowest BCUT2D eigenvalue weighted by Gasteiger charge is -2.03. The summed E-state index contributed by atoms with van der Waals surface area (Å²) >= 11 is 7.11. The number of nitrogens with zero attached hydrogens (tertiary/aromatic N) is 3. The molecule has 1 aromatic carbocycles. The third-order valence-electron chi connectivity index (χ3n) is 4.15. The fraction of sp³-hybridized carbons (Fsp3) is 0.118. The van der Waals surface area contributed by atoms with E-state index in [1.165, 1.54) is 0 Å². The van der Waals surface area contributed by atoms with Crippen molar-refractivity contribution < 1.29 is 0 Å². The first-order chi connectivity index (χ1) is 11.3. The molecule has 0 bridgehead atoms. The molecule has 0 amide bonds. The van der Waals surface area contributed by atoms with Gasteiger partial charge in [-0.15, -0.1) is 11.3 Å². The zero-order valence-corrected chi connectivity index (χ0v) is 13.7. The number of aromatic nitrogens is 3. The Morgan fingerprint density at radius 1 is 1.09 bits per heavy atom. The van der Waals surface area contributed by atoms with Gasteiger partial charge in [-0.05, 0) is 24.4 Å². The average molecular weight is 336 g/mol. The van der Waals surface area contributed by atoms with Gasteiger partial charge < -0.3 is 9.88 Å². The molecule has 3 aromatic heterocycles. The van der Waals surface area contributed by atoms with E-state index in [2.05, 4.69) is 39.1 Å². The molecule has 0 unspecified atom stereocenters. The summed E-state index contributed by atoms with van der Waals surface area (Å²) in [6.45, 7) is 1.79. The lowest BCUT2D eigenvalue weighted by Crippen LogP contribution is -1.97. The Labute approximate surface area is 141 Å². The van der Waals surface area contributed by atoms with Gasteiger partial charge in [0.15, 0.2) is 0 Å². The van der Waals surface area contributed by atoms with Crippen LogP contribution in [0.4, 0.5) is 5.82 Å². The molecule has 5 rings (SSSR count). The van der Waals surface area contributed by atoms with Crippen molar-refractivity contribution in [2.75, 3.05) is 11.9 Å². The minimum absolute atomic E-state index is 0.643. The molecule has 0 saturated carbocycles. The number of anilines is 1. The van der Waals surface area contributed by atoms with E-state index in [4.69, 9.17) is 17.2 Å². The summed E-state index contributed by atoms with van der Waals surface area (Å²) in [5.74, 6) is 1.09. The quantitative estimate of drug-likeness (QED) is 0.521. The number of benzene rings is 1. The van der Waals surface area contributed by atoms with Crippen LogP contribution >= 0.6 is 23.6 Å². The van der Waals surface area contributed by atoms with Gasteiger partial charge in [0.1, 0.15) is 10.6 Å². The predicted molar refractivity (Wildman–Crippen MR) is 97.7 cm³/mol. The minimum atomic E-state index is 0.643. The number of nitrogens with one attached hydrogen (secondary N) is 1. The van der Waals surface area contributed by atoms with Crippen molar-refractivity contribution in [2.45, 2.75) is 6.54 Å². The average Bonchev–Trinajstić information content (AvgIpc) is 3.20. The Morgan fingerprint density at radius 2 is 1.96 bits per heavy atom. The second-order valence-corrected chi connectivity index (χ2v) is 6.88. The van der Waals surface area contributed by atoms with E-state index in [-0.39, 0.29) is 0 Å². The molecular formula is C17H12N4S2. The van der Waals surface area contributed by atoms with Gasteiger partial charge in [0.25, 0.3) is 0 Å². The fourth-order valence-electron chi connectivity index (χ4n) is 3.05. The van der Waals surface area contributed by atoms with Crippen LogP contribution in [-0.4, -0.2) is 21.1 Å². The first kappa shape index (κ1) is 13.2. The van der Waals surface area contributed by atoms with Crippen LogP contribution in [0, 0.1) is 4.77 Å². The third kappa shape index (κ3) is 1.92. The number of hydrogen-bond acceptors (Lipinski definition) is 5. The van der Waals surface area contributed by atoms with Gasteiger partial charge in [-0.1, -0.05) is 30.3 Å². The summed E-state index contributed by atoms with van der Waals surface area (Å²) in [5, 5.41) is 4.51. The molecule has 112 valence electrons. The summed E-state index contributed by atoms with van der Waals surface area (Å²) in [7, 11) is 0. The van der Waals surface area contributed by atoms with Crippen molar-refractivity contribution in [1.82, 2.24) is 14.5 Å². The highest BCUT2D eigenvalue weighted by Crippen LogP contribution is 2.38. The summed E-state index contributed by atoms with van der Waals surface area (Å²) in [4.78, 5) is 10.5. The maximum atomic E-state index is 5.43. The third-order valence-corrected chi connectivity index (χ3v) is 5.56. The molecular weight excluding hydrogens is 324 g/mol. The molecule has 1 N–H and O–H groups in total. The van der Waals surface area contributed by atoms with Gasteiger partial charge in [0.05, 0.1) is 15.9 Å². The molecule has 0 spiro atoms. The van der Waals surface area contributed by atoms with Gasteiger partial charge in [-0.25, -0.2) is 9.97 Å². The van der Waals surface area contributed by atoms with Crippen LogP contribution in [0.25, 0.3) is 31.7 Å². The van der Waals surface area contributed by atoms with Gasteiger partial charge in [-0.3, -0.25) is 0 Å². The lowest BCUT2D eigenvalue weighted by molar-refractivity contribution is 0.774. The van der Waals surface area contributed by atoms with Crippen molar-refractivity contribution in [3.8, 4) is 11.3 Å². The second kappa shape index (κ2) is 4.84. The molecule has 1 aliphatic heterocycles. The van der Waals surface area contributed by atoms with Crippen LogP contribution in [0.2, 0.25) is 0 Å². The van der Waals surface area contributed by atoms with Crippen molar-refractivity contribution in [2.24, 2.45) is 0 Å². The van der Waals surface area contributed by atoms with E-state index in [1.54, 1.807) is 11.3 Å². The SMILES string of the molecule is S=c1nc2c(sc3nc(-c4ccccc4)ccc32)c2n1CCN2. The Bertz CT molecular complexity index is 1110. The first-order valence-electron chi connectivity index (χ1n) is 7.45. The van der Waals surface area contributed by atoms with E-state index < -0.39 is 0 Å². The van der Waals surface area contributed by atoms with Gasteiger partial charge in [-0.2, -0.15) is 0 Å². The zero-order chi connectivity index (χ0) is 15.4. The van der Waals surface area contributed by atoms with E-state index in [9.17, 15) is 0 Å². The van der Waals surface area contributed by atoms with Crippen molar-refractivity contribution in [3.05, 3.63) is 47.2 Å². The molecule has 0 radical (unpaired) electrons. The van der Waals surface area contributed by atoms with Crippen molar-refractivity contribution >= 4 is 49.8 Å². The smallest absolute Gasteiger partial charge is 0.201 e. The van der Waals surface area contributed by atoms with Crippen molar-refractivity contribution in [1.29, 1.82) is 0 Å². The van der Waals surface area contributed by atoms with Crippen LogP contribution in [0.5, 0.6) is 0 Å². The topological polar surface area (TPSA) is 42.7 Å². The first-order valence-corrected chi connectivity index (χ1v) is 8.67. The van der Waals surface area contributed by atoms with E-state index >= 15 is 0 Å². The molecule has 4 aromatic rings. The Hall–Kier alpha value is -2.31. The van der Waals surface area contributed by atoms with Gasteiger partial charge in [0, 0.05) is 24.0 Å². The number of hydrogen-bond donors (Lipinski definition) is 1. The van der Waals surface area contributed by atoms with Gasteiger partial charge >= 0.3 is 0 Å². The van der Waals surface area contributed by atoms with Crippen LogP contribution in [0.1, 0.15) is 0 Å². The predicted octanol–water partition coefficient (Wildman–Crippen LogP) is 4.47. The van der Waals surface area contributed by atoms with E-state index in [0.29, 0.717) is 4.77 Å². The van der Waals surface area contributed by atoms with Crippen LogP contribution in [-0.2, 0) is 6.54 Å². The molecule has 6 heteroatoms. The Balaban J connectivity index is 1.82. The molecule has 4 nitrogen and oxygen atoms in total. The van der Waals surface area contributed by atoms with E-state index in [0.717, 1.165) is 50.6 Å². The maximum Gasteiger partial charge on any atom is 0.201 e. The molecule has 0 fully saturated rings. The molecule has 0 saturated heterocycles. The summed E-state index contributed by atoms with van der Waals surface area (Å²) in [6, 6.07) is 14.4. The normalized spacial score (nSPS) is 13.4. The molecule has 1 aliphatic rings. The monoisotopic (exact) mass is 336 g/mol. The second-order valence-electron chi connectivity index (χ2n) is 5.52. The fourth-order valence-corrected chi connectivity index (χ4v) is 4.47. The highest BCUT2D eigenvalue weighted by molar-refractivity contribution is 7.71. The summed E-state index contributed by atoms with van der Waals surface area (Å²) in [5.41, 5.74) is 3.07. The molecule has 0 aliphatic carbocycles. The zero-order valence-electron chi connectivity index (χ0n) is 12.1.